The third-order valence-electron chi connectivity index (χ3n) is 5.44. The average molecular weight is 354 g/mol. The first-order chi connectivity index (χ1) is 12.6. The van der Waals surface area contributed by atoms with Gasteiger partial charge in [-0.05, 0) is 50.9 Å². The molecule has 1 aromatic heterocycles. The predicted molar refractivity (Wildman–Crippen MR) is 99.8 cm³/mol. The molecule has 6 heteroatoms. The van der Waals surface area contributed by atoms with Gasteiger partial charge >= 0.3 is 0 Å². The van der Waals surface area contributed by atoms with E-state index >= 15 is 0 Å². The van der Waals surface area contributed by atoms with Crippen LogP contribution in [0.5, 0.6) is 0 Å². The van der Waals surface area contributed by atoms with Crippen LogP contribution in [0.15, 0.2) is 36.7 Å². The summed E-state index contributed by atoms with van der Waals surface area (Å²) in [6.07, 6.45) is 7.49. The Morgan fingerprint density at radius 3 is 2.85 bits per heavy atom. The third-order valence-corrected chi connectivity index (χ3v) is 5.44. The highest BCUT2D eigenvalue weighted by Crippen LogP contribution is 2.26. The van der Waals surface area contributed by atoms with Crippen molar-refractivity contribution in [3.05, 3.63) is 42.2 Å². The standard InChI is InChI=1S/C20H26N4O2/c25-19(17-6-3-5-16(13-17)18-21-8-9-22-18)24-12-4-7-20(26,15-24)14-23-10-1-2-11-23/h3,5-6,8-9,13,26H,1-2,4,7,10-12,14-15H2,(H,21,22)/t20-/m1/s1. The molecule has 2 N–H and O–H groups in total. The molecular formula is C20H26N4O2. The highest BCUT2D eigenvalue weighted by molar-refractivity contribution is 5.95. The Bertz CT molecular complexity index is 755. The van der Waals surface area contributed by atoms with Gasteiger partial charge < -0.3 is 19.9 Å². The molecule has 1 atom stereocenters. The molecule has 3 heterocycles. The number of aromatic amines is 1. The molecule has 0 radical (unpaired) electrons. The van der Waals surface area contributed by atoms with Gasteiger partial charge in [-0.15, -0.1) is 0 Å². The molecule has 26 heavy (non-hydrogen) atoms. The molecule has 0 bridgehead atoms. The van der Waals surface area contributed by atoms with Crippen molar-refractivity contribution in [1.29, 1.82) is 0 Å². The Kier molecular flexibility index (Phi) is 4.78. The minimum absolute atomic E-state index is 0.0158. The molecule has 2 saturated heterocycles. The molecular weight excluding hydrogens is 328 g/mol. The third kappa shape index (κ3) is 3.66. The highest BCUT2D eigenvalue weighted by atomic mass is 16.3. The number of aliphatic hydroxyl groups is 1. The van der Waals surface area contributed by atoms with Crippen molar-refractivity contribution in [2.45, 2.75) is 31.3 Å². The molecule has 1 amide bonds. The Hall–Kier alpha value is -2.18. The average Bonchev–Trinajstić information content (AvgIpc) is 3.35. The van der Waals surface area contributed by atoms with Crippen molar-refractivity contribution in [1.82, 2.24) is 19.8 Å². The fourth-order valence-electron chi connectivity index (χ4n) is 4.18. The molecule has 4 rings (SSSR count). The lowest BCUT2D eigenvalue weighted by atomic mass is 9.91. The number of rotatable bonds is 4. The van der Waals surface area contributed by atoms with Gasteiger partial charge in [0.15, 0.2) is 0 Å². The number of carbonyl (C=O) groups is 1. The molecule has 2 aromatic rings. The summed E-state index contributed by atoms with van der Waals surface area (Å²) in [5.41, 5.74) is 0.742. The van der Waals surface area contributed by atoms with E-state index in [2.05, 4.69) is 14.9 Å². The number of amides is 1. The summed E-state index contributed by atoms with van der Waals surface area (Å²) >= 11 is 0. The highest BCUT2D eigenvalue weighted by Gasteiger charge is 2.37. The van der Waals surface area contributed by atoms with E-state index in [0.29, 0.717) is 25.2 Å². The van der Waals surface area contributed by atoms with Crippen LogP contribution in [0, 0.1) is 0 Å². The largest absolute Gasteiger partial charge is 0.387 e. The second-order valence-corrected chi connectivity index (χ2v) is 7.56. The van der Waals surface area contributed by atoms with E-state index in [9.17, 15) is 9.90 Å². The van der Waals surface area contributed by atoms with Crippen molar-refractivity contribution >= 4 is 5.91 Å². The molecule has 0 spiro atoms. The maximum absolute atomic E-state index is 13.0. The van der Waals surface area contributed by atoms with Crippen LogP contribution in [0.1, 0.15) is 36.0 Å². The van der Waals surface area contributed by atoms with Gasteiger partial charge in [0.1, 0.15) is 5.82 Å². The minimum Gasteiger partial charge on any atom is -0.387 e. The zero-order valence-corrected chi connectivity index (χ0v) is 15.0. The summed E-state index contributed by atoms with van der Waals surface area (Å²) in [7, 11) is 0. The van der Waals surface area contributed by atoms with Crippen molar-refractivity contribution in [3.8, 4) is 11.4 Å². The fourth-order valence-corrected chi connectivity index (χ4v) is 4.18. The number of β-amino-alcohol motifs (C(OH)–C–C–N with tert-alkyl or cyclic N) is 1. The second-order valence-electron chi connectivity index (χ2n) is 7.56. The molecule has 6 nitrogen and oxygen atoms in total. The van der Waals surface area contributed by atoms with E-state index in [4.69, 9.17) is 0 Å². The molecule has 2 aliphatic rings. The number of aromatic nitrogens is 2. The Balaban J connectivity index is 1.48. The molecule has 2 fully saturated rings. The predicted octanol–water partition coefficient (Wildman–Crippen LogP) is 2.14. The summed E-state index contributed by atoms with van der Waals surface area (Å²) in [6, 6.07) is 7.53. The zero-order chi connectivity index (χ0) is 18.0. The van der Waals surface area contributed by atoms with Crippen LogP contribution < -0.4 is 0 Å². The normalized spacial score (nSPS) is 24.1. The van der Waals surface area contributed by atoms with Crippen LogP contribution in [-0.2, 0) is 0 Å². The molecule has 2 aliphatic heterocycles. The molecule has 0 unspecified atom stereocenters. The number of benzene rings is 1. The summed E-state index contributed by atoms with van der Waals surface area (Å²) < 4.78 is 0. The van der Waals surface area contributed by atoms with Gasteiger partial charge in [-0.2, -0.15) is 0 Å². The van der Waals surface area contributed by atoms with Gasteiger partial charge in [-0.1, -0.05) is 12.1 Å². The minimum atomic E-state index is -0.795. The van der Waals surface area contributed by atoms with E-state index in [1.165, 1.54) is 12.8 Å². The van der Waals surface area contributed by atoms with E-state index in [-0.39, 0.29) is 5.91 Å². The maximum atomic E-state index is 13.0. The quantitative estimate of drug-likeness (QED) is 0.882. The Morgan fingerprint density at radius 2 is 2.08 bits per heavy atom. The van der Waals surface area contributed by atoms with Gasteiger partial charge in [-0.3, -0.25) is 4.79 Å². The second kappa shape index (κ2) is 7.21. The molecule has 138 valence electrons. The van der Waals surface area contributed by atoms with Gasteiger partial charge in [0.2, 0.25) is 0 Å². The van der Waals surface area contributed by atoms with E-state index in [1.807, 2.05) is 24.3 Å². The first kappa shape index (κ1) is 17.2. The van der Waals surface area contributed by atoms with Crippen LogP contribution in [0.4, 0.5) is 0 Å². The lowest BCUT2D eigenvalue weighted by Gasteiger charge is -2.41. The van der Waals surface area contributed by atoms with Gasteiger partial charge in [0.25, 0.3) is 5.91 Å². The monoisotopic (exact) mass is 354 g/mol. The van der Waals surface area contributed by atoms with Crippen LogP contribution >= 0.6 is 0 Å². The molecule has 0 saturated carbocycles. The molecule has 1 aromatic carbocycles. The summed E-state index contributed by atoms with van der Waals surface area (Å²) in [5, 5.41) is 11.1. The summed E-state index contributed by atoms with van der Waals surface area (Å²) in [6.45, 7) is 3.89. The van der Waals surface area contributed by atoms with Crippen LogP contribution in [0.3, 0.4) is 0 Å². The lowest BCUT2D eigenvalue weighted by molar-refractivity contribution is -0.0431. The van der Waals surface area contributed by atoms with Crippen LogP contribution in [0.2, 0.25) is 0 Å². The first-order valence-corrected chi connectivity index (χ1v) is 9.47. The van der Waals surface area contributed by atoms with Gasteiger partial charge in [0.05, 0.1) is 12.1 Å². The van der Waals surface area contributed by atoms with Crippen molar-refractivity contribution in [3.63, 3.8) is 0 Å². The van der Waals surface area contributed by atoms with E-state index in [1.54, 1.807) is 17.3 Å². The van der Waals surface area contributed by atoms with Gasteiger partial charge in [0, 0.05) is 36.6 Å². The van der Waals surface area contributed by atoms with Crippen molar-refractivity contribution in [2.75, 3.05) is 32.7 Å². The number of nitrogens with zero attached hydrogens (tertiary/aromatic N) is 3. The number of carbonyl (C=O) groups excluding carboxylic acids is 1. The number of likely N-dealkylation sites (tertiary alicyclic amines) is 2. The SMILES string of the molecule is O=C(c1cccc(-c2ncc[nH]2)c1)N1CCC[C@@](O)(CN2CCCC2)C1. The number of imidazole rings is 1. The number of hydrogen-bond donors (Lipinski definition) is 2. The Morgan fingerprint density at radius 1 is 1.23 bits per heavy atom. The fraction of sp³-hybridized carbons (Fsp3) is 0.500. The van der Waals surface area contributed by atoms with E-state index < -0.39 is 5.60 Å². The van der Waals surface area contributed by atoms with Crippen LogP contribution in [0.25, 0.3) is 11.4 Å². The van der Waals surface area contributed by atoms with E-state index in [0.717, 1.165) is 37.3 Å². The Labute approximate surface area is 153 Å². The van der Waals surface area contributed by atoms with Crippen molar-refractivity contribution < 1.29 is 9.90 Å². The van der Waals surface area contributed by atoms with Gasteiger partial charge in [-0.25, -0.2) is 4.98 Å². The zero-order valence-electron chi connectivity index (χ0n) is 15.0. The summed E-state index contributed by atoms with van der Waals surface area (Å²) in [5.74, 6) is 0.738. The number of piperidine rings is 1. The number of nitrogens with one attached hydrogen (secondary N) is 1. The topological polar surface area (TPSA) is 72.5 Å². The number of hydrogen-bond acceptors (Lipinski definition) is 4. The smallest absolute Gasteiger partial charge is 0.253 e. The van der Waals surface area contributed by atoms with Crippen molar-refractivity contribution in [2.24, 2.45) is 0 Å². The molecule has 0 aliphatic carbocycles. The van der Waals surface area contributed by atoms with Crippen LogP contribution in [-0.4, -0.2) is 69.1 Å². The summed E-state index contributed by atoms with van der Waals surface area (Å²) in [4.78, 5) is 24.5. The number of H-pyrrole nitrogens is 1. The first-order valence-electron chi connectivity index (χ1n) is 9.47. The maximum Gasteiger partial charge on any atom is 0.253 e. The lowest BCUT2D eigenvalue weighted by Crippen LogP contribution is -2.55.